The van der Waals surface area contributed by atoms with Crippen molar-refractivity contribution in [3.8, 4) is 0 Å². The van der Waals surface area contributed by atoms with Gasteiger partial charge < -0.3 is 15.6 Å². The second-order valence-electron chi connectivity index (χ2n) is 3.88. The first kappa shape index (κ1) is 12.2. The van der Waals surface area contributed by atoms with Crippen molar-refractivity contribution in [2.75, 3.05) is 31.6 Å². The lowest BCUT2D eigenvalue weighted by atomic mass is 10.1. The van der Waals surface area contributed by atoms with Crippen molar-refractivity contribution in [2.45, 2.75) is 0 Å². The highest BCUT2D eigenvalue weighted by Gasteiger charge is 2.18. The molecule has 6 heteroatoms. The number of hydrazine groups is 1. The summed E-state index contributed by atoms with van der Waals surface area (Å²) in [5.74, 6) is 5.34. The number of nitrogens with two attached hydrogens (primary N) is 1. The number of carbonyl (C=O) groups excluding carboxylic acids is 1. The number of piperazine rings is 1. The number of anilines is 1. The third kappa shape index (κ3) is 2.69. The van der Waals surface area contributed by atoms with Gasteiger partial charge in [-0.3, -0.25) is 10.6 Å². The monoisotopic (exact) mass is 254 g/mol. The van der Waals surface area contributed by atoms with Crippen molar-refractivity contribution in [3.63, 3.8) is 0 Å². The van der Waals surface area contributed by atoms with Crippen molar-refractivity contribution in [2.24, 2.45) is 5.84 Å². The molecule has 0 radical (unpaired) electrons. The summed E-state index contributed by atoms with van der Waals surface area (Å²) in [6.07, 6.45) is 0. The van der Waals surface area contributed by atoms with Crippen molar-refractivity contribution in [1.29, 1.82) is 0 Å². The first-order valence-corrected chi connectivity index (χ1v) is 5.86. The minimum absolute atomic E-state index is 0.0136. The minimum Gasteiger partial charge on any atom is -0.336 e. The molecular formula is C11H15ClN4O. The largest absolute Gasteiger partial charge is 0.336 e. The van der Waals surface area contributed by atoms with Crippen LogP contribution in [-0.2, 0) is 0 Å². The molecule has 92 valence electrons. The second kappa shape index (κ2) is 5.35. The van der Waals surface area contributed by atoms with Gasteiger partial charge in [0.25, 0.3) is 5.91 Å². The molecule has 0 saturated carbocycles. The highest BCUT2D eigenvalue weighted by atomic mass is 35.5. The van der Waals surface area contributed by atoms with Crippen LogP contribution in [0.4, 0.5) is 5.69 Å². The quantitative estimate of drug-likeness (QED) is 0.536. The third-order valence-electron chi connectivity index (χ3n) is 2.77. The predicted octanol–water partition coefficient (Wildman–Crippen LogP) is 0.671. The Morgan fingerprint density at radius 2 is 2.12 bits per heavy atom. The first-order chi connectivity index (χ1) is 8.22. The van der Waals surface area contributed by atoms with E-state index >= 15 is 0 Å². The molecule has 17 heavy (non-hydrogen) atoms. The third-order valence-corrected chi connectivity index (χ3v) is 3.10. The molecular weight excluding hydrogens is 240 g/mol. The molecule has 0 atom stereocenters. The van der Waals surface area contributed by atoms with Gasteiger partial charge in [0.05, 0.1) is 10.7 Å². The molecule has 1 aromatic carbocycles. The number of amides is 1. The number of carbonyl (C=O) groups is 1. The van der Waals surface area contributed by atoms with Crippen LogP contribution in [0.2, 0.25) is 5.02 Å². The van der Waals surface area contributed by atoms with E-state index < -0.39 is 0 Å². The molecule has 4 N–H and O–H groups in total. The van der Waals surface area contributed by atoms with E-state index in [-0.39, 0.29) is 5.91 Å². The number of hydrogen-bond acceptors (Lipinski definition) is 4. The van der Waals surface area contributed by atoms with Gasteiger partial charge in [0.2, 0.25) is 0 Å². The summed E-state index contributed by atoms with van der Waals surface area (Å²) in [5.41, 5.74) is 3.64. The smallest absolute Gasteiger partial charge is 0.254 e. The normalized spacial score (nSPS) is 15.8. The number of nitrogen functional groups attached to an aromatic ring is 1. The summed E-state index contributed by atoms with van der Waals surface area (Å²) in [4.78, 5) is 14.0. The van der Waals surface area contributed by atoms with Crippen LogP contribution in [0.15, 0.2) is 18.2 Å². The van der Waals surface area contributed by atoms with Gasteiger partial charge in [0, 0.05) is 31.7 Å². The highest BCUT2D eigenvalue weighted by Crippen LogP contribution is 2.22. The van der Waals surface area contributed by atoms with E-state index in [9.17, 15) is 4.79 Å². The fourth-order valence-electron chi connectivity index (χ4n) is 1.82. The number of rotatable bonds is 2. The van der Waals surface area contributed by atoms with Gasteiger partial charge in [0.1, 0.15) is 0 Å². The number of benzene rings is 1. The summed E-state index contributed by atoms with van der Waals surface area (Å²) < 4.78 is 0. The van der Waals surface area contributed by atoms with E-state index in [2.05, 4.69) is 10.7 Å². The lowest BCUT2D eigenvalue weighted by Crippen LogP contribution is -2.46. The van der Waals surface area contributed by atoms with Crippen LogP contribution in [-0.4, -0.2) is 37.0 Å². The lowest BCUT2D eigenvalue weighted by molar-refractivity contribution is 0.0736. The van der Waals surface area contributed by atoms with Crippen LogP contribution in [0.1, 0.15) is 10.4 Å². The van der Waals surface area contributed by atoms with E-state index in [1.54, 1.807) is 18.2 Å². The van der Waals surface area contributed by atoms with E-state index in [0.717, 1.165) is 26.2 Å². The summed E-state index contributed by atoms with van der Waals surface area (Å²) in [6.45, 7) is 3.13. The van der Waals surface area contributed by atoms with E-state index in [1.807, 2.05) is 4.90 Å². The highest BCUT2D eigenvalue weighted by molar-refractivity contribution is 6.33. The fraction of sp³-hybridized carbons (Fsp3) is 0.364. The van der Waals surface area contributed by atoms with Crippen LogP contribution in [0.25, 0.3) is 0 Å². The van der Waals surface area contributed by atoms with Gasteiger partial charge in [-0.15, -0.1) is 0 Å². The van der Waals surface area contributed by atoms with Gasteiger partial charge >= 0.3 is 0 Å². The van der Waals surface area contributed by atoms with Gasteiger partial charge in [0.15, 0.2) is 0 Å². The Bertz CT molecular complexity index is 418. The molecule has 1 saturated heterocycles. The molecule has 0 spiro atoms. The first-order valence-electron chi connectivity index (χ1n) is 5.48. The average molecular weight is 255 g/mol. The molecule has 0 aromatic heterocycles. The Balaban J connectivity index is 2.18. The van der Waals surface area contributed by atoms with Gasteiger partial charge in [-0.25, -0.2) is 0 Å². The molecule has 0 aliphatic carbocycles. The molecule has 5 nitrogen and oxygen atoms in total. The molecule has 0 bridgehead atoms. The van der Waals surface area contributed by atoms with Crippen LogP contribution in [0, 0.1) is 0 Å². The second-order valence-corrected chi connectivity index (χ2v) is 4.29. The Labute approximate surface area is 105 Å². The van der Waals surface area contributed by atoms with Crippen LogP contribution < -0.4 is 16.6 Å². The average Bonchev–Trinajstić information content (AvgIpc) is 2.39. The molecule has 1 aliphatic rings. The molecule has 2 rings (SSSR count). The van der Waals surface area contributed by atoms with Crippen LogP contribution in [0.5, 0.6) is 0 Å². The summed E-state index contributed by atoms with van der Waals surface area (Å²) >= 11 is 5.91. The van der Waals surface area contributed by atoms with Crippen molar-refractivity contribution in [1.82, 2.24) is 10.2 Å². The van der Waals surface area contributed by atoms with Gasteiger partial charge in [-0.2, -0.15) is 0 Å². The SMILES string of the molecule is NNc1cc(C(=O)N2CCNCC2)ccc1Cl. The Morgan fingerprint density at radius 1 is 1.41 bits per heavy atom. The van der Waals surface area contributed by atoms with E-state index in [4.69, 9.17) is 17.4 Å². The molecule has 1 aromatic rings. The van der Waals surface area contributed by atoms with Gasteiger partial charge in [-0.1, -0.05) is 11.6 Å². The molecule has 1 amide bonds. The Kier molecular flexibility index (Phi) is 3.83. The molecule has 0 unspecified atom stereocenters. The maximum absolute atomic E-state index is 12.2. The van der Waals surface area contributed by atoms with Crippen molar-refractivity contribution < 1.29 is 4.79 Å². The number of hydrogen-bond donors (Lipinski definition) is 3. The minimum atomic E-state index is 0.0136. The number of halogens is 1. The maximum Gasteiger partial charge on any atom is 0.254 e. The summed E-state index contributed by atoms with van der Waals surface area (Å²) in [6, 6.07) is 5.06. The summed E-state index contributed by atoms with van der Waals surface area (Å²) in [5, 5.41) is 3.71. The fourth-order valence-corrected chi connectivity index (χ4v) is 1.99. The van der Waals surface area contributed by atoms with E-state index in [0.29, 0.717) is 16.3 Å². The van der Waals surface area contributed by atoms with Crippen LogP contribution in [0.3, 0.4) is 0 Å². The lowest BCUT2D eigenvalue weighted by Gasteiger charge is -2.27. The van der Waals surface area contributed by atoms with Crippen molar-refractivity contribution in [3.05, 3.63) is 28.8 Å². The predicted molar refractivity (Wildman–Crippen MR) is 68.0 cm³/mol. The van der Waals surface area contributed by atoms with Gasteiger partial charge in [-0.05, 0) is 18.2 Å². The molecule has 1 fully saturated rings. The zero-order valence-corrected chi connectivity index (χ0v) is 10.1. The zero-order chi connectivity index (χ0) is 12.3. The maximum atomic E-state index is 12.2. The molecule has 1 heterocycles. The standard InChI is InChI=1S/C11H15ClN4O/c12-9-2-1-8(7-10(9)15-13)11(17)16-5-3-14-4-6-16/h1-2,7,14-15H,3-6,13H2. The number of nitrogens with zero attached hydrogens (tertiary/aromatic N) is 1. The molecule has 1 aliphatic heterocycles. The number of nitrogens with one attached hydrogen (secondary N) is 2. The Morgan fingerprint density at radius 3 is 2.76 bits per heavy atom. The zero-order valence-electron chi connectivity index (χ0n) is 9.37. The summed E-state index contributed by atoms with van der Waals surface area (Å²) in [7, 11) is 0. The topological polar surface area (TPSA) is 70.4 Å². The Hall–Kier alpha value is -1.30. The van der Waals surface area contributed by atoms with Crippen molar-refractivity contribution >= 4 is 23.2 Å². The van der Waals surface area contributed by atoms with E-state index in [1.165, 1.54) is 0 Å². The van der Waals surface area contributed by atoms with Crippen LogP contribution >= 0.6 is 11.6 Å².